The molecule has 3 heteroatoms. The van der Waals surface area contributed by atoms with Gasteiger partial charge in [-0.2, -0.15) is 0 Å². The minimum absolute atomic E-state index is 0.326. The van der Waals surface area contributed by atoms with Crippen molar-refractivity contribution in [3.8, 4) is 0 Å². The van der Waals surface area contributed by atoms with E-state index in [0.717, 1.165) is 11.8 Å². The van der Waals surface area contributed by atoms with E-state index in [1.54, 1.807) is 0 Å². The summed E-state index contributed by atoms with van der Waals surface area (Å²) in [6, 6.07) is 1.88. The van der Waals surface area contributed by atoms with E-state index in [0.29, 0.717) is 4.88 Å². The van der Waals surface area contributed by atoms with Gasteiger partial charge in [0.25, 0.3) is 0 Å². The second-order valence-electron chi connectivity index (χ2n) is 2.00. The summed E-state index contributed by atoms with van der Waals surface area (Å²) in [5, 5.41) is 1.86. The lowest BCUT2D eigenvalue weighted by atomic mass is 10.3. The van der Waals surface area contributed by atoms with E-state index in [1.165, 1.54) is 11.3 Å². The van der Waals surface area contributed by atoms with Gasteiger partial charge in [-0.3, -0.25) is 0 Å². The molecule has 0 aromatic carbocycles. The second kappa shape index (κ2) is 3.34. The molecule has 0 N–H and O–H groups in total. The van der Waals surface area contributed by atoms with Gasteiger partial charge in [0.1, 0.15) is 4.88 Å². The number of carbonyl (C=O) groups is 1. The molecule has 0 fully saturated rings. The summed E-state index contributed by atoms with van der Waals surface area (Å²) in [5.74, 6) is -0.326. The molecular weight excluding hydrogens is 160 g/mol. The van der Waals surface area contributed by atoms with Crippen molar-refractivity contribution >= 4 is 17.3 Å². The topological polar surface area (TPSA) is 26.3 Å². The summed E-state index contributed by atoms with van der Waals surface area (Å²) in [4.78, 5) is 11.7. The summed E-state index contributed by atoms with van der Waals surface area (Å²) in [6.07, 6.45) is 1.14. The molecule has 0 spiro atoms. The monoisotopic (exact) mass is 168 g/mol. The fraction of sp³-hybridized carbons (Fsp3) is 0.125. The number of aryl methyl sites for hydroxylation is 1. The standard InChI is InChI=1S/C8H8O2S/c1-3-10-8(9)7-6(2)4-5-11-7/h3-5H,1H2,2H3. The molecule has 0 aliphatic carbocycles. The molecule has 0 bridgehead atoms. The highest BCUT2D eigenvalue weighted by atomic mass is 32.1. The zero-order chi connectivity index (χ0) is 8.27. The zero-order valence-corrected chi connectivity index (χ0v) is 6.98. The van der Waals surface area contributed by atoms with Crippen LogP contribution in [0.15, 0.2) is 24.3 Å². The van der Waals surface area contributed by atoms with Crippen molar-refractivity contribution in [2.45, 2.75) is 6.92 Å². The van der Waals surface area contributed by atoms with E-state index >= 15 is 0 Å². The molecule has 0 saturated heterocycles. The summed E-state index contributed by atoms with van der Waals surface area (Å²) in [5.41, 5.74) is 0.946. The Hall–Kier alpha value is -1.09. The highest BCUT2D eigenvalue weighted by Gasteiger charge is 2.09. The fourth-order valence-corrected chi connectivity index (χ4v) is 1.52. The molecule has 1 aromatic heterocycles. The number of hydrogen-bond acceptors (Lipinski definition) is 3. The third-order valence-corrected chi connectivity index (χ3v) is 2.23. The van der Waals surface area contributed by atoms with Crippen LogP contribution in [0.4, 0.5) is 0 Å². The number of ether oxygens (including phenoxy) is 1. The van der Waals surface area contributed by atoms with E-state index in [2.05, 4.69) is 11.3 Å². The molecule has 0 radical (unpaired) electrons. The van der Waals surface area contributed by atoms with Gasteiger partial charge in [-0.1, -0.05) is 6.58 Å². The van der Waals surface area contributed by atoms with Crippen LogP contribution in [0.2, 0.25) is 0 Å². The maximum Gasteiger partial charge on any atom is 0.353 e. The molecule has 0 amide bonds. The molecule has 1 rings (SSSR count). The molecule has 0 atom stereocenters. The normalized spacial score (nSPS) is 9.18. The molecule has 58 valence electrons. The molecule has 1 aromatic rings. The van der Waals surface area contributed by atoms with E-state index < -0.39 is 0 Å². The first-order chi connectivity index (χ1) is 5.25. The second-order valence-corrected chi connectivity index (χ2v) is 2.92. The van der Waals surface area contributed by atoms with Crippen molar-refractivity contribution in [1.29, 1.82) is 0 Å². The van der Waals surface area contributed by atoms with Crippen molar-refractivity contribution < 1.29 is 9.53 Å². The van der Waals surface area contributed by atoms with Gasteiger partial charge in [0.15, 0.2) is 0 Å². The molecule has 2 nitrogen and oxygen atoms in total. The van der Waals surface area contributed by atoms with Crippen LogP contribution in [0.25, 0.3) is 0 Å². The summed E-state index contributed by atoms with van der Waals surface area (Å²) >= 11 is 1.38. The molecule has 0 aliphatic rings. The van der Waals surface area contributed by atoms with Gasteiger partial charge in [0.05, 0.1) is 6.26 Å². The lowest BCUT2D eigenvalue weighted by molar-refractivity contribution is 0.0669. The number of rotatable bonds is 2. The zero-order valence-electron chi connectivity index (χ0n) is 6.16. The van der Waals surface area contributed by atoms with Crippen LogP contribution in [0.1, 0.15) is 15.2 Å². The Morgan fingerprint density at radius 2 is 2.55 bits per heavy atom. The summed E-state index contributed by atoms with van der Waals surface area (Å²) in [7, 11) is 0. The maximum absolute atomic E-state index is 11.0. The van der Waals surface area contributed by atoms with Gasteiger partial charge in [0, 0.05) is 0 Å². The smallest absolute Gasteiger partial charge is 0.353 e. The Bertz CT molecular complexity index is 275. The SMILES string of the molecule is C=COC(=O)c1sccc1C. The summed E-state index contributed by atoms with van der Waals surface area (Å²) in [6.45, 7) is 5.17. The van der Waals surface area contributed by atoms with E-state index in [4.69, 9.17) is 0 Å². The van der Waals surface area contributed by atoms with E-state index in [9.17, 15) is 4.79 Å². The Balaban J connectivity index is 2.83. The fourth-order valence-electron chi connectivity index (χ4n) is 0.711. The molecule has 0 unspecified atom stereocenters. The first-order valence-electron chi connectivity index (χ1n) is 3.11. The van der Waals surface area contributed by atoms with E-state index in [-0.39, 0.29) is 5.97 Å². The van der Waals surface area contributed by atoms with E-state index in [1.807, 2.05) is 18.4 Å². The first-order valence-corrected chi connectivity index (χ1v) is 3.99. The number of thiophene rings is 1. The van der Waals surface area contributed by atoms with Crippen molar-refractivity contribution in [2.75, 3.05) is 0 Å². The van der Waals surface area contributed by atoms with Crippen LogP contribution in [-0.4, -0.2) is 5.97 Å². The maximum atomic E-state index is 11.0. The predicted molar refractivity (Wildman–Crippen MR) is 44.7 cm³/mol. The largest absolute Gasteiger partial charge is 0.431 e. The number of carbonyl (C=O) groups excluding carboxylic acids is 1. The Morgan fingerprint density at radius 1 is 1.82 bits per heavy atom. The third kappa shape index (κ3) is 1.68. The predicted octanol–water partition coefficient (Wildman–Crippen LogP) is 2.36. The molecular formula is C8H8O2S. The van der Waals surface area contributed by atoms with Gasteiger partial charge in [-0.05, 0) is 23.9 Å². The van der Waals surface area contributed by atoms with Gasteiger partial charge in [0.2, 0.25) is 0 Å². The number of hydrogen-bond donors (Lipinski definition) is 0. The lowest BCUT2D eigenvalue weighted by Gasteiger charge is -1.95. The van der Waals surface area contributed by atoms with Gasteiger partial charge < -0.3 is 4.74 Å². The van der Waals surface area contributed by atoms with Crippen LogP contribution in [-0.2, 0) is 4.74 Å². The van der Waals surface area contributed by atoms with Crippen molar-refractivity contribution in [3.63, 3.8) is 0 Å². The highest BCUT2D eigenvalue weighted by Crippen LogP contribution is 2.16. The van der Waals surface area contributed by atoms with Crippen molar-refractivity contribution in [1.82, 2.24) is 0 Å². The lowest BCUT2D eigenvalue weighted by Crippen LogP contribution is -1.98. The Labute approximate surface area is 69.1 Å². The molecule has 0 saturated carbocycles. The quantitative estimate of drug-likeness (QED) is 0.500. The highest BCUT2D eigenvalue weighted by molar-refractivity contribution is 7.12. The van der Waals surface area contributed by atoms with Gasteiger partial charge in [-0.15, -0.1) is 11.3 Å². The van der Waals surface area contributed by atoms with Gasteiger partial charge >= 0.3 is 5.97 Å². The summed E-state index contributed by atoms with van der Waals surface area (Å²) < 4.78 is 4.60. The molecule has 0 aliphatic heterocycles. The Morgan fingerprint density at radius 3 is 3.00 bits per heavy atom. The van der Waals surface area contributed by atoms with Crippen LogP contribution >= 0.6 is 11.3 Å². The van der Waals surface area contributed by atoms with Crippen molar-refractivity contribution in [2.24, 2.45) is 0 Å². The molecule has 1 heterocycles. The Kier molecular flexibility index (Phi) is 2.44. The average molecular weight is 168 g/mol. The van der Waals surface area contributed by atoms with Crippen LogP contribution < -0.4 is 0 Å². The third-order valence-electron chi connectivity index (χ3n) is 1.24. The van der Waals surface area contributed by atoms with Gasteiger partial charge in [-0.25, -0.2) is 4.79 Å². The molecule has 11 heavy (non-hydrogen) atoms. The van der Waals surface area contributed by atoms with Crippen molar-refractivity contribution in [3.05, 3.63) is 34.7 Å². The van der Waals surface area contributed by atoms with Crippen LogP contribution in [0.3, 0.4) is 0 Å². The minimum Gasteiger partial charge on any atom is -0.431 e. The minimum atomic E-state index is -0.326. The van der Waals surface area contributed by atoms with Crippen LogP contribution in [0, 0.1) is 6.92 Å². The average Bonchev–Trinajstić information content (AvgIpc) is 2.36. The first kappa shape index (κ1) is 8.01. The number of esters is 1. The van der Waals surface area contributed by atoms with Crippen LogP contribution in [0.5, 0.6) is 0 Å².